The van der Waals surface area contributed by atoms with Crippen LogP contribution in [0.2, 0.25) is 5.02 Å². The second-order valence-corrected chi connectivity index (χ2v) is 4.53. The first-order chi connectivity index (χ1) is 8.69. The van der Waals surface area contributed by atoms with Gasteiger partial charge in [-0.25, -0.2) is 4.98 Å². The van der Waals surface area contributed by atoms with Crippen molar-refractivity contribution < 1.29 is 4.74 Å². The summed E-state index contributed by atoms with van der Waals surface area (Å²) in [6, 6.07) is 5.55. The number of hydrogen-bond donors (Lipinski definition) is 2. The summed E-state index contributed by atoms with van der Waals surface area (Å²) in [6.45, 7) is 2.98. The van der Waals surface area contributed by atoms with Gasteiger partial charge in [-0.3, -0.25) is 0 Å². The molecule has 3 N–H and O–H groups in total. The standard InChI is InChI=1S/C13H16ClN3O/c1-9-6-10(14)2-3-12(9)18-8-13-16-7-11(17-13)4-5-15/h2-3,6-7H,4-5,8,15H2,1H3,(H,16,17). The maximum atomic E-state index is 5.89. The van der Waals surface area contributed by atoms with E-state index >= 15 is 0 Å². The molecule has 0 amide bonds. The summed E-state index contributed by atoms with van der Waals surface area (Å²) in [5.41, 5.74) is 7.52. The zero-order chi connectivity index (χ0) is 13.0. The number of H-pyrrole nitrogens is 1. The van der Waals surface area contributed by atoms with Crippen molar-refractivity contribution in [1.82, 2.24) is 9.97 Å². The lowest BCUT2D eigenvalue weighted by Gasteiger charge is -2.07. The van der Waals surface area contributed by atoms with Crippen molar-refractivity contribution >= 4 is 11.6 Å². The fourth-order valence-electron chi connectivity index (χ4n) is 1.68. The number of rotatable bonds is 5. The molecule has 0 unspecified atom stereocenters. The van der Waals surface area contributed by atoms with Gasteiger partial charge in [-0.2, -0.15) is 0 Å². The third-order valence-electron chi connectivity index (χ3n) is 2.60. The predicted octanol–water partition coefficient (Wildman–Crippen LogP) is 2.45. The summed E-state index contributed by atoms with van der Waals surface area (Å²) >= 11 is 5.89. The Morgan fingerprint density at radius 2 is 2.28 bits per heavy atom. The van der Waals surface area contributed by atoms with Crippen molar-refractivity contribution in [2.45, 2.75) is 20.0 Å². The monoisotopic (exact) mass is 265 g/mol. The highest BCUT2D eigenvalue weighted by Crippen LogP contribution is 2.22. The number of aromatic amines is 1. The number of hydrogen-bond acceptors (Lipinski definition) is 3. The number of nitrogens with two attached hydrogens (primary N) is 1. The van der Waals surface area contributed by atoms with Gasteiger partial charge in [0.25, 0.3) is 0 Å². The second kappa shape index (κ2) is 5.89. The van der Waals surface area contributed by atoms with Gasteiger partial charge in [0.15, 0.2) is 0 Å². The van der Waals surface area contributed by atoms with Crippen molar-refractivity contribution in [3.63, 3.8) is 0 Å². The molecule has 0 aliphatic carbocycles. The number of imidazole rings is 1. The lowest BCUT2D eigenvalue weighted by Crippen LogP contribution is -2.03. The van der Waals surface area contributed by atoms with E-state index in [0.29, 0.717) is 18.2 Å². The number of aryl methyl sites for hydroxylation is 1. The van der Waals surface area contributed by atoms with Crippen LogP contribution in [0.3, 0.4) is 0 Å². The van der Waals surface area contributed by atoms with Crippen molar-refractivity contribution in [2.24, 2.45) is 5.73 Å². The van der Waals surface area contributed by atoms with E-state index < -0.39 is 0 Å². The van der Waals surface area contributed by atoms with Crippen LogP contribution in [0.4, 0.5) is 0 Å². The van der Waals surface area contributed by atoms with E-state index in [0.717, 1.165) is 29.3 Å². The average molecular weight is 266 g/mol. The van der Waals surface area contributed by atoms with Crippen LogP contribution < -0.4 is 10.5 Å². The van der Waals surface area contributed by atoms with Crippen LogP contribution in [0.5, 0.6) is 5.75 Å². The Hall–Kier alpha value is -1.52. The lowest BCUT2D eigenvalue weighted by atomic mass is 10.2. The highest BCUT2D eigenvalue weighted by molar-refractivity contribution is 6.30. The van der Waals surface area contributed by atoms with Crippen molar-refractivity contribution in [2.75, 3.05) is 6.54 Å². The summed E-state index contributed by atoms with van der Waals surface area (Å²) in [4.78, 5) is 7.41. The number of benzene rings is 1. The first-order valence-corrected chi connectivity index (χ1v) is 6.18. The topological polar surface area (TPSA) is 63.9 Å². The van der Waals surface area contributed by atoms with E-state index in [9.17, 15) is 0 Å². The Labute approximate surface area is 111 Å². The van der Waals surface area contributed by atoms with E-state index in [-0.39, 0.29) is 0 Å². The van der Waals surface area contributed by atoms with E-state index in [2.05, 4.69) is 9.97 Å². The van der Waals surface area contributed by atoms with Gasteiger partial charge in [-0.1, -0.05) is 11.6 Å². The maximum Gasteiger partial charge on any atom is 0.146 e. The van der Waals surface area contributed by atoms with Crippen molar-refractivity contribution in [3.8, 4) is 5.75 Å². The molecule has 1 aromatic carbocycles. The fourth-order valence-corrected chi connectivity index (χ4v) is 1.91. The molecule has 5 heteroatoms. The summed E-state index contributed by atoms with van der Waals surface area (Å²) in [5.74, 6) is 1.61. The predicted molar refractivity (Wildman–Crippen MR) is 71.9 cm³/mol. The summed E-state index contributed by atoms with van der Waals surface area (Å²) in [7, 11) is 0. The minimum atomic E-state index is 0.410. The Morgan fingerprint density at radius 1 is 1.44 bits per heavy atom. The van der Waals surface area contributed by atoms with E-state index in [1.54, 1.807) is 6.20 Å². The SMILES string of the molecule is Cc1cc(Cl)ccc1OCc1ncc(CCN)[nH]1. The largest absolute Gasteiger partial charge is 0.485 e. The highest BCUT2D eigenvalue weighted by Gasteiger charge is 2.04. The molecule has 0 atom stereocenters. The Balaban J connectivity index is 1.97. The molecule has 0 radical (unpaired) electrons. The molecule has 1 heterocycles. The number of halogens is 1. The number of nitrogens with zero attached hydrogens (tertiary/aromatic N) is 1. The molecule has 0 spiro atoms. The van der Waals surface area contributed by atoms with Gasteiger partial charge in [0.2, 0.25) is 0 Å². The minimum absolute atomic E-state index is 0.410. The molecular formula is C13H16ClN3O. The summed E-state index contributed by atoms with van der Waals surface area (Å²) < 4.78 is 5.69. The first-order valence-electron chi connectivity index (χ1n) is 5.81. The average Bonchev–Trinajstić information content (AvgIpc) is 2.76. The number of ether oxygens (including phenoxy) is 1. The lowest BCUT2D eigenvalue weighted by molar-refractivity contribution is 0.295. The van der Waals surface area contributed by atoms with Gasteiger partial charge in [-0.15, -0.1) is 0 Å². The van der Waals surface area contributed by atoms with Crippen LogP contribution in [-0.2, 0) is 13.0 Å². The fraction of sp³-hybridized carbons (Fsp3) is 0.308. The quantitative estimate of drug-likeness (QED) is 0.873. The molecule has 18 heavy (non-hydrogen) atoms. The molecular weight excluding hydrogens is 250 g/mol. The van der Waals surface area contributed by atoms with Crippen molar-refractivity contribution in [3.05, 3.63) is 46.5 Å². The third kappa shape index (κ3) is 3.24. The summed E-state index contributed by atoms with van der Waals surface area (Å²) in [6.07, 6.45) is 2.59. The number of aromatic nitrogens is 2. The van der Waals surface area contributed by atoms with Gasteiger partial charge in [-0.05, 0) is 37.2 Å². The van der Waals surface area contributed by atoms with Gasteiger partial charge in [0.1, 0.15) is 18.2 Å². The number of nitrogens with one attached hydrogen (secondary N) is 1. The van der Waals surface area contributed by atoms with E-state index in [1.165, 1.54) is 0 Å². The molecule has 2 aromatic rings. The molecule has 4 nitrogen and oxygen atoms in total. The van der Waals surface area contributed by atoms with Crippen LogP contribution in [0.15, 0.2) is 24.4 Å². The normalized spacial score (nSPS) is 10.6. The Morgan fingerprint density at radius 3 is 3.00 bits per heavy atom. The van der Waals surface area contributed by atoms with Crippen LogP contribution in [0.1, 0.15) is 17.1 Å². The minimum Gasteiger partial charge on any atom is -0.485 e. The van der Waals surface area contributed by atoms with Gasteiger partial charge >= 0.3 is 0 Å². The first kappa shape index (κ1) is 12.9. The Kier molecular flexibility index (Phi) is 4.23. The second-order valence-electron chi connectivity index (χ2n) is 4.09. The molecule has 0 aliphatic heterocycles. The molecule has 1 aromatic heterocycles. The summed E-state index contributed by atoms with van der Waals surface area (Å²) in [5, 5.41) is 0.711. The molecule has 0 aliphatic rings. The van der Waals surface area contributed by atoms with E-state index in [4.69, 9.17) is 22.1 Å². The molecule has 0 saturated carbocycles. The van der Waals surface area contributed by atoms with Crippen molar-refractivity contribution in [1.29, 1.82) is 0 Å². The maximum absolute atomic E-state index is 5.89. The molecule has 0 fully saturated rings. The van der Waals surface area contributed by atoms with Gasteiger partial charge < -0.3 is 15.5 Å². The van der Waals surface area contributed by atoms with Crippen LogP contribution >= 0.6 is 11.6 Å². The molecule has 2 rings (SSSR count). The molecule has 96 valence electrons. The van der Waals surface area contributed by atoms with Crippen LogP contribution in [0.25, 0.3) is 0 Å². The van der Waals surface area contributed by atoms with Crippen LogP contribution in [-0.4, -0.2) is 16.5 Å². The van der Waals surface area contributed by atoms with E-state index in [1.807, 2.05) is 25.1 Å². The zero-order valence-corrected chi connectivity index (χ0v) is 11.0. The third-order valence-corrected chi connectivity index (χ3v) is 2.83. The van der Waals surface area contributed by atoms with Gasteiger partial charge in [0, 0.05) is 23.3 Å². The molecule has 0 bridgehead atoms. The Bertz CT molecular complexity index is 525. The van der Waals surface area contributed by atoms with Gasteiger partial charge in [0.05, 0.1) is 0 Å². The zero-order valence-electron chi connectivity index (χ0n) is 10.2. The smallest absolute Gasteiger partial charge is 0.146 e. The van der Waals surface area contributed by atoms with Crippen LogP contribution in [0, 0.1) is 6.92 Å². The molecule has 0 saturated heterocycles. The highest BCUT2D eigenvalue weighted by atomic mass is 35.5.